The second kappa shape index (κ2) is 7.31. The van der Waals surface area contributed by atoms with Gasteiger partial charge in [0.15, 0.2) is 0 Å². The summed E-state index contributed by atoms with van der Waals surface area (Å²) in [5.74, 6) is -0.535. The van der Waals surface area contributed by atoms with Crippen LogP contribution in [-0.2, 0) is 6.54 Å². The third kappa shape index (κ3) is 3.80. The van der Waals surface area contributed by atoms with Gasteiger partial charge in [0.25, 0.3) is 5.91 Å². The van der Waals surface area contributed by atoms with E-state index >= 15 is 0 Å². The first kappa shape index (κ1) is 16.4. The fraction of sp³-hybridized carbons (Fsp3) is 0.235. The van der Waals surface area contributed by atoms with Crippen molar-refractivity contribution in [1.29, 1.82) is 0 Å². The lowest BCUT2D eigenvalue weighted by Gasteiger charge is -2.18. The number of nitrogens with zero attached hydrogens (tertiary/aromatic N) is 1. The first-order valence-corrected chi connectivity index (χ1v) is 7.99. The molecule has 0 spiro atoms. The van der Waals surface area contributed by atoms with E-state index in [-0.39, 0.29) is 11.5 Å². The van der Waals surface area contributed by atoms with Crippen LogP contribution < -0.4 is 4.74 Å². The number of ether oxygens (including phenoxy) is 1. The highest BCUT2D eigenvalue weighted by Gasteiger charge is 2.17. The molecule has 0 unspecified atom stereocenters. The lowest BCUT2D eigenvalue weighted by atomic mass is 10.1. The van der Waals surface area contributed by atoms with Gasteiger partial charge in [-0.05, 0) is 36.1 Å². The van der Waals surface area contributed by atoms with Crippen LogP contribution in [0.25, 0.3) is 0 Å². The normalized spacial score (nSPS) is 10.4. The van der Waals surface area contributed by atoms with Crippen molar-refractivity contribution in [1.82, 2.24) is 4.90 Å². The number of hydrogen-bond donors (Lipinski definition) is 0. The van der Waals surface area contributed by atoms with Crippen LogP contribution in [-0.4, -0.2) is 31.2 Å². The van der Waals surface area contributed by atoms with Crippen LogP contribution in [0.5, 0.6) is 5.75 Å². The summed E-state index contributed by atoms with van der Waals surface area (Å²) >= 11 is 1.66. The van der Waals surface area contributed by atoms with Gasteiger partial charge >= 0.3 is 0 Å². The molecule has 1 amide bonds. The summed E-state index contributed by atoms with van der Waals surface area (Å²) in [6.45, 7) is 0.430. The molecule has 0 saturated carbocycles. The number of thioether (sulfide) groups is 1. The standard InChI is InChI=1S/C17H18FNO2S/c1-19(11-12-4-7-14(22-3)8-5-12)17(20)15-9-6-13(21-2)10-16(15)18/h4-10H,11H2,1-3H3. The summed E-state index contributed by atoms with van der Waals surface area (Å²) in [7, 11) is 3.12. The highest BCUT2D eigenvalue weighted by atomic mass is 32.2. The average Bonchev–Trinajstić information content (AvgIpc) is 2.54. The Labute approximate surface area is 134 Å². The van der Waals surface area contributed by atoms with Crippen molar-refractivity contribution < 1.29 is 13.9 Å². The summed E-state index contributed by atoms with van der Waals surface area (Å²) in [5, 5.41) is 0. The van der Waals surface area contributed by atoms with Gasteiger partial charge in [-0.1, -0.05) is 12.1 Å². The predicted octanol–water partition coefficient (Wildman–Crippen LogP) is 3.83. The zero-order valence-corrected chi connectivity index (χ0v) is 13.6. The first-order chi connectivity index (χ1) is 10.5. The molecular formula is C17H18FNO2S. The van der Waals surface area contributed by atoms with E-state index < -0.39 is 5.82 Å². The number of carbonyl (C=O) groups is 1. The molecule has 5 heteroatoms. The summed E-state index contributed by atoms with van der Waals surface area (Å²) in [4.78, 5) is 15.0. The van der Waals surface area contributed by atoms with E-state index in [1.165, 1.54) is 29.0 Å². The Morgan fingerprint density at radius 1 is 1.23 bits per heavy atom. The van der Waals surface area contributed by atoms with Gasteiger partial charge in [0, 0.05) is 24.6 Å². The van der Waals surface area contributed by atoms with Gasteiger partial charge in [0.1, 0.15) is 11.6 Å². The van der Waals surface area contributed by atoms with Gasteiger partial charge in [0.2, 0.25) is 0 Å². The van der Waals surface area contributed by atoms with Crippen molar-refractivity contribution in [2.45, 2.75) is 11.4 Å². The molecule has 2 aromatic carbocycles. The van der Waals surface area contributed by atoms with Gasteiger partial charge < -0.3 is 9.64 Å². The van der Waals surface area contributed by atoms with Crippen LogP contribution in [0.3, 0.4) is 0 Å². The number of benzene rings is 2. The van der Waals surface area contributed by atoms with Crippen LogP contribution in [0.1, 0.15) is 15.9 Å². The second-order valence-electron chi connectivity index (χ2n) is 4.86. The molecule has 0 aromatic heterocycles. The molecule has 0 aliphatic heterocycles. The number of amides is 1. The molecule has 0 aliphatic carbocycles. The van der Waals surface area contributed by atoms with E-state index in [2.05, 4.69) is 0 Å². The van der Waals surface area contributed by atoms with Crippen molar-refractivity contribution in [2.24, 2.45) is 0 Å². The molecule has 0 fully saturated rings. The highest BCUT2D eigenvalue weighted by Crippen LogP contribution is 2.19. The fourth-order valence-electron chi connectivity index (χ4n) is 2.08. The Hall–Kier alpha value is -2.01. The van der Waals surface area contributed by atoms with Crippen molar-refractivity contribution in [3.63, 3.8) is 0 Å². The minimum absolute atomic E-state index is 0.0454. The van der Waals surface area contributed by atoms with Gasteiger partial charge in [-0.15, -0.1) is 11.8 Å². The zero-order valence-electron chi connectivity index (χ0n) is 12.8. The van der Waals surface area contributed by atoms with Crippen molar-refractivity contribution in [3.05, 3.63) is 59.4 Å². The minimum Gasteiger partial charge on any atom is -0.497 e. The molecular weight excluding hydrogens is 301 g/mol. The maximum Gasteiger partial charge on any atom is 0.256 e. The Kier molecular flexibility index (Phi) is 5.44. The zero-order chi connectivity index (χ0) is 16.1. The van der Waals surface area contributed by atoms with Gasteiger partial charge in [-0.3, -0.25) is 4.79 Å². The van der Waals surface area contributed by atoms with E-state index in [4.69, 9.17) is 4.74 Å². The Bertz CT molecular complexity index is 658. The number of carbonyl (C=O) groups excluding carboxylic acids is 1. The molecule has 0 saturated heterocycles. The SMILES string of the molecule is COc1ccc(C(=O)N(C)Cc2ccc(SC)cc2)c(F)c1. The van der Waals surface area contributed by atoms with E-state index in [0.29, 0.717) is 12.3 Å². The molecule has 3 nitrogen and oxygen atoms in total. The topological polar surface area (TPSA) is 29.5 Å². The lowest BCUT2D eigenvalue weighted by molar-refractivity contribution is 0.0780. The van der Waals surface area contributed by atoms with Crippen LogP contribution in [0, 0.1) is 5.82 Å². The molecule has 2 aromatic rings. The van der Waals surface area contributed by atoms with Crippen LogP contribution in [0.2, 0.25) is 0 Å². The van der Waals surface area contributed by atoms with Crippen LogP contribution in [0.4, 0.5) is 4.39 Å². The van der Waals surface area contributed by atoms with E-state index in [1.807, 2.05) is 30.5 Å². The smallest absolute Gasteiger partial charge is 0.256 e. The Balaban J connectivity index is 2.11. The summed E-state index contributed by atoms with van der Waals surface area (Å²) in [6, 6.07) is 12.2. The maximum absolute atomic E-state index is 14.0. The quantitative estimate of drug-likeness (QED) is 0.785. The molecule has 0 bridgehead atoms. The fourth-order valence-corrected chi connectivity index (χ4v) is 2.49. The van der Waals surface area contributed by atoms with Crippen molar-refractivity contribution in [3.8, 4) is 5.75 Å². The molecule has 22 heavy (non-hydrogen) atoms. The largest absolute Gasteiger partial charge is 0.497 e. The van der Waals surface area contributed by atoms with Gasteiger partial charge in [0.05, 0.1) is 12.7 Å². The number of methoxy groups -OCH3 is 1. The van der Waals surface area contributed by atoms with Crippen molar-refractivity contribution >= 4 is 17.7 Å². The van der Waals surface area contributed by atoms with E-state index in [0.717, 1.165) is 5.56 Å². The highest BCUT2D eigenvalue weighted by molar-refractivity contribution is 7.98. The van der Waals surface area contributed by atoms with Crippen molar-refractivity contribution in [2.75, 3.05) is 20.4 Å². The monoisotopic (exact) mass is 319 g/mol. The number of rotatable bonds is 5. The molecule has 116 valence electrons. The Morgan fingerprint density at radius 2 is 1.91 bits per heavy atom. The molecule has 0 aliphatic rings. The van der Waals surface area contributed by atoms with Gasteiger partial charge in [-0.25, -0.2) is 4.39 Å². The van der Waals surface area contributed by atoms with Gasteiger partial charge in [-0.2, -0.15) is 0 Å². The van der Waals surface area contributed by atoms with E-state index in [1.54, 1.807) is 24.9 Å². The first-order valence-electron chi connectivity index (χ1n) is 6.77. The molecule has 0 heterocycles. The molecule has 0 radical (unpaired) electrons. The molecule has 2 rings (SSSR count). The number of hydrogen-bond acceptors (Lipinski definition) is 3. The molecule has 0 N–H and O–H groups in total. The lowest BCUT2D eigenvalue weighted by Crippen LogP contribution is -2.27. The minimum atomic E-state index is -0.575. The maximum atomic E-state index is 14.0. The Morgan fingerprint density at radius 3 is 2.45 bits per heavy atom. The van der Waals surface area contributed by atoms with Crippen LogP contribution in [0.15, 0.2) is 47.4 Å². The summed E-state index contributed by atoms with van der Waals surface area (Å²) in [6.07, 6.45) is 2.01. The van der Waals surface area contributed by atoms with E-state index in [9.17, 15) is 9.18 Å². The third-order valence-electron chi connectivity index (χ3n) is 3.33. The average molecular weight is 319 g/mol. The predicted molar refractivity (Wildman–Crippen MR) is 87.0 cm³/mol. The van der Waals surface area contributed by atoms with Crippen LogP contribution >= 0.6 is 11.8 Å². The third-order valence-corrected chi connectivity index (χ3v) is 4.08. The summed E-state index contributed by atoms with van der Waals surface area (Å²) in [5.41, 5.74) is 1.05. The number of halogens is 1. The second-order valence-corrected chi connectivity index (χ2v) is 5.73. The summed E-state index contributed by atoms with van der Waals surface area (Å²) < 4.78 is 18.9. The molecule has 0 atom stereocenters.